The summed E-state index contributed by atoms with van der Waals surface area (Å²) >= 11 is 5.68. The molecule has 0 radical (unpaired) electrons. The molecule has 2 aromatic rings. The smallest absolute Gasteiger partial charge is 0.255 e. The molecule has 0 fully saturated rings. The minimum atomic E-state index is -0.792. The first-order valence-corrected chi connectivity index (χ1v) is 6.04. The number of amides is 1. The van der Waals surface area contributed by atoms with E-state index in [-0.39, 0.29) is 5.56 Å². The monoisotopic (exact) mass is 281 g/mol. The second-order valence-corrected chi connectivity index (χ2v) is 4.21. The summed E-state index contributed by atoms with van der Waals surface area (Å²) in [5.41, 5.74) is 1.28. The first-order chi connectivity index (χ1) is 9.08. The molecule has 0 bridgehead atoms. The molecule has 0 aromatic heterocycles. The number of hydrogen-bond donors (Lipinski definition) is 1. The van der Waals surface area contributed by atoms with Crippen molar-refractivity contribution in [3.8, 4) is 0 Å². The Morgan fingerprint density at radius 1 is 1.11 bits per heavy atom. The molecule has 0 aliphatic rings. The third-order valence-electron chi connectivity index (χ3n) is 2.46. The average molecular weight is 282 g/mol. The van der Waals surface area contributed by atoms with E-state index in [1.165, 1.54) is 0 Å². The molecular weight excluding hydrogens is 272 g/mol. The van der Waals surface area contributed by atoms with Crippen molar-refractivity contribution in [2.45, 2.75) is 5.88 Å². The first-order valence-electron chi connectivity index (χ1n) is 5.51. The molecular formula is C14H10ClF2NO. The van der Waals surface area contributed by atoms with Gasteiger partial charge < -0.3 is 5.32 Å². The van der Waals surface area contributed by atoms with Gasteiger partial charge in [-0.3, -0.25) is 4.79 Å². The molecule has 5 heteroatoms. The molecule has 1 amide bonds. The van der Waals surface area contributed by atoms with E-state index in [1.807, 2.05) is 6.07 Å². The van der Waals surface area contributed by atoms with Crippen molar-refractivity contribution in [2.24, 2.45) is 0 Å². The zero-order valence-corrected chi connectivity index (χ0v) is 10.5. The number of carbonyl (C=O) groups is 1. The summed E-state index contributed by atoms with van der Waals surface area (Å²) in [6, 6.07) is 9.58. The number of halogens is 3. The standard InChI is InChI=1S/C14H10ClF2NO/c15-8-9-2-1-3-13(4-9)18-14(19)10-5-11(16)7-12(17)6-10/h1-7H,8H2,(H,18,19). The van der Waals surface area contributed by atoms with Gasteiger partial charge in [-0.2, -0.15) is 0 Å². The Hall–Kier alpha value is -1.94. The minimum absolute atomic E-state index is 0.0752. The molecule has 0 unspecified atom stereocenters. The van der Waals surface area contributed by atoms with Gasteiger partial charge in [0, 0.05) is 23.2 Å². The molecule has 1 N–H and O–H groups in total. The van der Waals surface area contributed by atoms with Gasteiger partial charge in [-0.25, -0.2) is 8.78 Å². The lowest BCUT2D eigenvalue weighted by atomic mass is 10.2. The van der Waals surface area contributed by atoms with Crippen molar-refractivity contribution in [2.75, 3.05) is 5.32 Å². The molecule has 2 aromatic carbocycles. The van der Waals surface area contributed by atoms with E-state index in [4.69, 9.17) is 11.6 Å². The number of anilines is 1. The Morgan fingerprint density at radius 3 is 2.42 bits per heavy atom. The molecule has 2 rings (SSSR count). The SMILES string of the molecule is O=C(Nc1cccc(CCl)c1)c1cc(F)cc(F)c1. The zero-order valence-electron chi connectivity index (χ0n) is 9.79. The van der Waals surface area contributed by atoms with Gasteiger partial charge in [-0.1, -0.05) is 12.1 Å². The molecule has 0 atom stereocenters. The Balaban J connectivity index is 2.20. The van der Waals surface area contributed by atoms with E-state index >= 15 is 0 Å². The number of carbonyl (C=O) groups excluding carboxylic acids is 1. The van der Waals surface area contributed by atoms with Gasteiger partial charge in [0.2, 0.25) is 0 Å². The number of alkyl halides is 1. The summed E-state index contributed by atoms with van der Waals surface area (Å²) in [5, 5.41) is 2.56. The predicted molar refractivity (Wildman–Crippen MR) is 70.3 cm³/mol. The fourth-order valence-electron chi connectivity index (χ4n) is 1.62. The van der Waals surface area contributed by atoms with Crippen LogP contribution in [0.4, 0.5) is 14.5 Å². The molecule has 19 heavy (non-hydrogen) atoms. The van der Waals surface area contributed by atoms with E-state index < -0.39 is 17.5 Å². The fraction of sp³-hybridized carbons (Fsp3) is 0.0714. The van der Waals surface area contributed by atoms with Crippen LogP contribution in [0.25, 0.3) is 0 Å². The van der Waals surface area contributed by atoms with Gasteiger partial charge in [0.25, 0.3) is 5.91 Å². The highest BCUT2D eigenvalue weighted by molar-refractivity contribution is 6.17. The van der Waals surface area contributed by atoms with Crippen molar-refractivity contribution in [1.29, 1.82) is 0 Å². The molecule has 0 heterocycles. The second kappa shape index (κ2) is 5.80. The molecule has 2 nitrogen and oxygen atoms in total. The summed E-state index contributed by atoms with van der Waals surface area (Å²) in [6.45, 7) is 0. The molecule has 0 aliphatic heterocycles. The van der Waals surface area contributed by atoms with Crippen LogP contribution >= 0.6 is 11.6 Å². The van der Waals surface area contributed by atoms with Crippen LogP contribution in [0.3, 0.4) is 0 Å². The highest BCUT2D eigenvalue weighted by Crippen LogP contribution is 2.15. The van der Waals surface area contributed by atoms with Crippen LogP contribution in [0.1, 0.15) is 15.9 Å². The normalized spacial score (nSPS) is 10.3. The summed E-state index contributed by atoms with van der Waals surface area (Å²) in [5.74, 6) is -1.84. The first kappa shape index (κ1) is 13.5. The van der Waals surface area contributed by atoms with Crippen molar-refractivity contribution < 1.29 is 13.6 Å². The number of rotatable bonds is 3. The van der Waals surface area contributed by atoms with Crippen LogP contribution in [0.2, 0.25) is 0 Å². The van der Waals surface area contributed by atoms with Gasteiger partial charge in [-0.05, 0) is 29.8 Å². The lowest BCUT2D eigenvalue weighted by Gasteiger charge is -2.06. The maximum atomic E-state index is 13.0. The van der Waals surface area contributed by atoms with Gasteiger partial charge in [0.05, 0.1) is 0 Å². The Labute approximate surface area is 114 Å². The summed E-state index contributed by atoms with van der Waals surface area (Å²) in [6.07, 6.45) is 0. The van der Waals surface area contributed by atoms with Gasteiger partial charge in [-0.15, -0.1) is 11.6 Å². The van der Waals surface area contributed by atoms with Gasteiger partial charge in [0.1, 0.15) is 11.6 Å². The van der Waals surface area contributed by atoms with Crippen molar-refractivity contribution in [3.63, 3.8) is 0 Å². The number of nitrogens with one attached hydrogen (secondary N) is 1. The van der Waals surface area contributed by atoms with Crippen LogP contribution in [0.5, 0.6) is 0 Å². The molecule has 0 saturated heterocycles. The Morgan fingerprint density at radius 2 is 1.79 bits per heavy atom. The van der Waals surface area contributed by atoms with Crippen molar-refractivity contribution >= 4 is 23.2 Å². The summed E-state index contributed by atoms with van der Waals surface area (Å²) in [4.78, 5) is 11.8. The lowest BCUT2D eigenvalue weighted by Crippen LogP contribution is -2.12. The van der Waals surface area contributed by atoms with Crippen molar-refractivity contribution in [3.05, 3.63) is 65.2 Å². The largest absolute Gasteiger partial charge is 0.322 e. The molecule has 0 saturated carbocycles. The maximum Gasteiger partial charge on any atom is 0.255 e. The Bertz CT molecular complexity index is 596. The third kappa shape index (κ3) is 3.51. The highest BCUT2D eigenvalue weighted by Gasteiger charge is 2.09. The van der Waals surface area contributed by atoms with Gasteiger partial charge >= 0.3 is 0 Å². The predicted octanol–water partition coefficient (Wildman–Crippen LogP) is 3.96. The zero-order chi connectivity index (χ0) is 13.8. The molecule has 0 aliphatic carbocycles. The minimum Gasteiger partial charge on any atom is -0.322 e. The topological polar surface area (TPSA) is 29.1 Å². The van der Waals surface area contributed by atoms with Crippen LogP contribution in [-0.2, 0) is 5.88 Å². The van der Waals surface area contributed by atoms with Crippen LogP contribution in [0.15, 0.2) is 42.5 Å². The van der Waals surface area contributed by atoms with E-state index in [9.17, 15) is 13.6 Å². The maximum absolute atomic E-state index is 13.0. The van der Waals surface area contributed by atoms with E-state index in [0.29, 0.717) is 17.6 Å². The molecule has 0 spiro atoms. The summed E-state index contributed by atoms with van der Waals surface area (Å²) in [7, 11) is 0. The van der Waals surface area contributed by atoms with E-state index in [0.717, 1.165) is 17.7 Å². The second-order valence-electron chi connectivity index (χ2n) is 3.95. The third-order valence-corrected chi connectivity index (χ3v) is 2.77. The van der Waals surface area contributed by atoms with Crippen LogP contribution in [-0.4, -0.2) is 5.91 Å². The van der Waals surface area contributed by atoms with Crippen LogP contribution < -0.4 is 5.32 Å². The van der Waals surface area contributed by atoms with E-state index in [2.05, 4.69) is 5.32 Å². The van der Waals surface area contributed by atoms with Crippen molar-refractivity contribution in [1.82, 2.24) is 0 Å². The number of hydrogen-bond acceptors (Lipinski definition) is 1. The summed E-state index contributed by atoms with van der Waals surface area (Å²) < 4.78 is 26.0. The quantitative estimate of drug-likeness (QED) is 0.848. The lowest BCUT2D eigenvalue weighted by molar-refractivity contribution is 0.102. The average Bonchev–Trinajstić information content (AvgIpc) is 2.37. The fourth-order valence-corrected chi connectivity index (χ4v) is 1.79. The van der Waals surface area contributed by atoms with E-state index in [1.54, 1.807) is 18.2 Å². The number of benzene rings is 2. The van der Waals surface area contributed by atoms with Crippen LogP contribution in [0, 0.1) is 11.6 Å². The Kier molecular flexibility index (Phi) is 4.12. The highest BCUT2D eigenvalue weighted by atomic mass is 35.5. The molecule has 98 valence electrons. The van der Waals surface area contributed by atoms with Gasteiger partial charge in [0.15, 0.2) is 0 Å².